The highest BCUT2D eigenvalue weighted by Gasteiger charge is 2.23. The highest BCUT2D eigenvalue weighted by molar-refractivity contribution is 7.12. The van der Waals surface area contributed by atoms with E-state index < -0.39 is 0 Å². The molecule has 30 heavy (non-hydrogen) atoms. The molecule has 0 bridgehead atoms. The first-order valence-corrected chi connectivity index (χ1v) is 11.3. The van der Waals surface area contributed by atoms with Crippen LogP contribution in [0.1, 0.15) is 33.4 Å². The van der Waals surface area contributed by atoms with Gasteiger partial charge in [0.15, 0.2) is 0 Å². The van der Waals surface area contributed by atoms with Crippen molar-refractivity contribution in [2.45, 2.75) is 26.5 Å². The van der Waals surface area contributed by atoms with Gasteiger partial charge in [0, 0.05) is 44.5 Å². The van der Waals surface area contributed by atoms with Crippen LogP contribution in [0.5, 0.6) is 5.75 Å². The number of hydrogen-bond acceptors (Lipinski definition) is 5. The van der Waals surface area contributed by atoms with Crippen LogP contribution in [0, 0.1) is 0 Å². The molecule has 1 fully saturated rings. The number of amides is 1. The lowest BCUT2D eigenvalue weighted by Gasteiger charge is -2.34. The molecule has 0 atom stereocenters. The van der Waals surface area contributed by atoms with Gasteiger partial charge in [-0.3, -0.25) is 14.7 Å². The number of carbonyl (C=O) groups excluding carboxylic acids is 1. The molecule has 5 nitrogen and oxygen atoms in total. The third kappa shape index (κ3) is 5.26. The largest absolute Gasteiger partial charge is 0.489 e. The lowest BCUT2D eigenvalue weighted by Crippen LogP contribution is -2.48. The minimum atomic E-state index is 0.121. The molecule has 0 radical (unpaired) electrons. The molecule has 2 aromatic heterocycles. The number of rotatable bonds is 7. The molecule has 1 amide bonds. The highest BCUT2D eigenvalue weighted by atomic mass is 32.1. The molecule has 0 saturated carbocycles. The topological polar surface area (TPSA) is 45.7 Å². The number of aromatic nitrogens is 1. The molecule has 0 N–H and O–H groups in total. The van der Waals surface area contributed by atoms with Crippen molar-refractivity contribution >= 4 is 17.2 Å². The van der Waals surface area contributed by atoms with Gasteiger partial charge in [0.1, 0.15) is 12.4 Å². The normalized spacial score (nSPS) is 14.6. The number of hydrogen-bond donors (Lipinski definition) is 0. The number of nitrogens with zero attached hydrogens (tertiary/aromatic N) is 3. The fraction of sp³-hybridized carbons (Fsp3) is 0.333. The van der Waals surface area contributed by atoms with E-state index in [2.05, 4.69) is 28.9 Å². The van der Waals surface area contributed by atoms with Crippen LogP contribution >= 0.6 is 11.3 Å². The van der Waals surface area contributed by atoms with Crippen molar-refractivity contribution in [3.63, 3.8) is 0 Å². The minimum Gasteiger partial charge on any atom is -0.489 e. The van der Waals surface area contributed by atoms with E-state index >= 15 is 0 Å². The molecule has 3 aromatic rings. The van der Waals surface area contributed by atoms with E-state index in [1.807, 2.05) is 52.9 Å². The summed E-state index contributed by atoms with van der Waals surface area (Å²) in [5, 5.41) is 2.02. The van der Waals surface area contributed by atoms with Gasteiger partial charge in [-0.15, -0.1) is 11.3 Å². The van der Waals surface area contributed by atoms with Crippen LogP contribution < -0.4 is 4.74 Å². The molecule has 0 aliphatic carbocycles. The Kier molecular flexibility index (Phi) is 6.77. The van der Waals surface area contributed by atoms with Gasteiger partial charge < -0.3 is 9.64 Å². The Balaban J connectivity index is 1.26. The maximum absolute atomic E-state index is 12.9. The van der Waals surface area contributed by atoms with E-state index in [-0.39, 0.29) is 5.91 Å². The lowest BCUT2D eigenvalue weighted by atomic mass is 10.2. The maximum atomic E-state index is 12.9. The first kappa shape index (κ1) is 20.6. The third-order valence-corrected chi connectivity index (χ3v) is 6.34. The molecule has 0 unspecified atom stereocenters. The average Bonchev–Trinajstić information content (AvgIpc) is 3.28. The molecule has 156 valence electrons. The standard InChI is InChI=1S/C24H27N3O2S/c1-2-19-6-8-22(9-7-19)29-17-20-15-23(30-18-20)24(28)27-13-11-26(12-14-27)16-21-5-3-4-10-25-21/h3-10,15,18H,2,11-14,16-17H2,1H3. The summed E-state index contributed by atoms with van der Waals surface area (Å²) in [7, 11) is 0. The zero-order valence-electron chi connectivity index (χ0n) is 17.3. The Bertz CT molecular complexity index is 948. The van der Waals surface area contributed by atoms with E-state index in [4.69, 9.17) is 4.74 Å². The molecule has 1 saturated heterocycles. The molecule has 1 aliphatic heterocycles. The van der Waals surface area contributed by atoms with Crippen LogP contribution in [0.4, 0.5) is 0 Å². The van der Waals surface area contributed by atoms with Crippen LogP contribution in [0.15, 0.2) is 60.1 Å². The molecule has 0 spiro atoms. The Hall–Kier alpha value is -2.70. The SMILES string of the molecule is CCc1ccc(OCc2csc(C(=O)N3CCN(Cc4ccccn4)CC3)c2)cc1. The molecular formula is C24H27N3O2S. The van der Waals surface area contributed by atoms with E-state index in [9.17, 15) is 4.79 Å². The van der Waals surface area contributed by atoms with Crippen LogP contribution in [-0.4, -0.2) is 46.9 Å². The summed E-state index contributed by atoms with van der Waals surface area (Å²) >= 11 is 1.50. The van der Waals surface area contributed by atoms with Gasteiger partial charge in [-0.1, -0.05) is 25.1 Å². The van der Waals surface area contributed by atoms with Crippen molar-refractivity contribution in [2.75, 3.05) is 26.2 Å². The fourth-order valence-electron chi connectivity index (χ4n) is 3.54. The lowest BCUT2D eigenvalue weighted by molar-refractivity contribution is 0.0631. The number of carbonyl (C=O) groups is 1. The van der Waals surface area contributed by atoms with E-state index in [1.54, 1.807) is 0 Å². The summed E-state index contributed by atoms with van der Waals surface area (Å²) in [6.07, 6.45) is 2.85. The second-order valence-electron chi connectivity index (χ2n) is 7.49. The third-order valence-electron chi connectivity index (χ3n) is 5.37. The first-order valence-electron chi connectivity index (χ1n) is 10.4. The van der Waals surface area contributed by atoms with Crippen molar-refractivity contribution < 1.29 is 9.53 Å². The minimum absolute atomic E-state index is 0.121. The molecule has 6 heteroatoms. The smallest absolute Gasteiger partial charge is 0.264 e. The Morgan fingerprint density at radius 2 is 1.87 bits per heavy atom. The van der Waals surface area contributed by atoms with Crippen molar-refractivity contribution in [2.24, 2.45) is 0 Å². The summed E-state index contributed by atoms with van der Waals surface area (Å²) < 4.78 is 5.87. The number of benzene rings is 1. The van der Waals surface area contributed by atoms with Gasteiger partial charge in [-0.05, 0) is 47.7 Å². The second kappa shape index (κ2) is 9.87. The quantitative estimate of drug-likeness (QED) is 0.572. The van der Waals surface area contributed by atoms with Gasteiger partial charge in [-0.25, -0.2) is 0 Å². The van der Waals surface area contributed by atoms with Gasteiger partial charge in [-0.2, -0.15) is 0 Å². The zero-order valence-corrected chi connectivity index (χ0v) is 18.1. The summed E-state index contributed by atoms with van der Waals surface area (Å²) in [5.41, 5.74) is 3.41. The molecule has 1 aliphatic rings. The maximum Gasteiger partial charge on any atom is 0.264 e. The fourth-order valence-corrected chi connectivity index (χ4v) is 4.40. The van der Waals surface area contributed by atoms with Gasteiger partial charge in [0.25, 0.3) is 5.91 Å². The number of thiophene rings is 1. The highest BCUT2D eigenvalue weighted by Crippen LogP contribution is 2.21. The number of aryl methyl sites for hydroxylation is 1. The summed E-state index contributed by atoms with van der Waals surface area (Å²) in [5.74, 6) is 0.978. The summed E-state index contributed by atoms with van der Waals surface area (Å²) in [6.45, 7) is 6.70. The number of piperazine rings is 1. The monoisotopic (exact) mass is 421 g/mol. The van der Waals surface area contributed by atoms with Crippen LogP contribution in [-0.2, 0) is 19.6 Å². The Morgan fingerprint density at radius 1 is 1.07 bits per heavy atom. The predicted octanol–water partition coefficient (Wildman–Crippen LogP) is 4.24. The van der Waals surface area contributed by atoms with Crippen molar-refractivity contribution in [3.05, 3.63) is 81.8 Å². The molecule has 4 rings (SSSR count). The average molecular weight is 422 g/mol. The van der Waals surface area contributed by atoms with Crippen molar-refractivity contribution in [1.29, 1.82) is 0 Å². The summed E-state index contributed by atoms with van der Waals surface area (Å²) in [6, 6.07) is 16.1. The van der Waals surface area contributed by atoms with E-state index in [1.165, 1.54) is 16.9 Å². The van der Waals surface area contributed by atoms with Crippen LogP contribution in [0.25, 0.3) is 0 Å². The molecule has 1 aromatic carbocycles. The van der Waals surface area contributed by atoms with Crippen molar-refractivity contribution in [3.8, 4) is 5.75 Å². The molecule has 3 heterocycles. The molecular weight excluding hydrogens is 394 g/mol. The van der Waals surface area contributed by atoms with Gasteiger partial charge in [0.2, 0.25) is 0 Å². The van der Waals surface area contributed by atoms with E-state index in [0.717, 1.165) is 61.0 Å². The number of ether oxygens (including phenoxy) is 1. The van der Waals surface area contributed by atoms with Gasteiger partial charge in [0.05, 0.1) is 10.6 Å². The van der Waals surface area contributed by atoms with E-state index in [0.29, 0.717) is 6.61 Å². The van der Waals surface area contributed by atoms with Crippen molar-refractivity contribution in [1.82, 2.24) is 14.8 Å². The predicted molar refractivity (Wildman–Crippen MR) is 120 cm³/mol. The van der Waals surface area contributed by atoms with Crippen LogP contribution in [0.3, 0.4) is 0 Å². The zero-order chi connectivity index (χ0) is 20.8. The first-order chi connectivity index (χ1) is 14.7. The van der Waals surface area contributed by atoms with Crippen LogP contribution in [0.2, 0.25) is 0 Å². The number of pyridine rings is 1. The summed E-state index contributed by atoms with van der Waals surface area (Å²) in [4.78, 5) is 22.4. The second-order valence-corrected chi connectivity index (χ2v) is 8.41. The Morgan fingerprint density at radius 3 is 2.57 bits per heavy atom. The van der Waals surface area contributed by atoms with Gasteiger partial charge >= 0.3 is 0 Å². The Labute approximate surface area is 181 Å².